The van der Waals surface area contributed by atoms with Gasteiger partial charge in [-0.15, -0.1) is 11.8 Å². The van der Waals surface area contributed by atoms with Crippen LogP contribution in [0.25, 0.3) is 10.9 Å². The summed E-state index contributed by atoms with van der Waals surface area (Å²) in [6.45, 7) is 4.16. The molecule has 0 unspecified atom stereocenters. The van der Waals surface area contributed by atoms with Crippen LogP contribution in [0.2, 0.25) is 0 Å². The summed E-state index contributed by atoms with van der Waals surface area (Å²) in [4.78, 5) is 32.0. The zero-order valence-corrected chi connectivity index (χ0v) is 23.2. The van der Waals surface area contributed by atoms with Gasteiger partial charge in [-0.25, -0.2) is 4.79 Å². The molecule has 0 bridgehead atoms. The molecule has 0 atom stereocenters. The van der Waals surface area contributed by atoms with Gasteiger partial charge in [0.05, 0.1) is 11.1 Å². The van der Waals surface area contributed by atoms with E-state index in [0.717, 1.165) is 71.6 Å². The second-order valence-electron chi connectivity index (χ2n) is 9.82. The first kappa shape index (κ1) is 29.5. The van der Waals surface area contributed by atoms with Gasteiger partial charge in [-0.05, 0) is 67.5 Å². The van der Waals surface area contributed by atoms with Crippen LogP contribution in [0.15, 0.2) is 53.6 Å². The highest BCUT2D eigenvalue weighted by atomic mass is 32.2. The largest absolute Gasteiger partial charge is 0.465 e. The molecule has 0 radical (unpaired) electrons. The third-order valence-electron chi connectivity index (χ3n) is 6.98. The van der Waals surface area contributed by atoms with Gasteiger partial charge < -0.3 is 20.2 Å². The lowest BCUT2D eigenvalue weighted by atomic mass is 10.1. The van der Waals surface area contributed by atoms with Crippen LogP contribution in [0.4, 0.5) is 23.7 Å². The zero-order chi connectivity index (χ0) is 28.7. The molecular formula is C29H33F3N4O3S. The minimum Gasteiger partial charge on any atom is -0.465 e. The van der Waals surface area contributed by atoms with Crippen LogP contribution >= 0.6 is 11.8 Å². The minimum absolute atomic E-state index is 0.0715. The lowest BCUT2D eigenvalue weighted by Crippen LogP contribution is -2.50. The molecule has 2 amide bonds. The van der Waals surface area contributed by atoms with Gasteiger partial charge in [-0.2, -0.15) is 13.2 Å². The van der Waals surface area contributed by atoms with E-state index in [1.165, 1.54) is 11.0 Å². The van der Waals surface area contributed by atoms with Crippen molar-refractivity contribution in [1.82, 2.24) is 14.8 Å². The third kappa shape index (κ3) is 7.59. The summed E-state index contributed by atoms with van der Waals surface area (Å²) in [5.74, 6) is 0.811. The Morgan fingerprint density at radius 3 is 2.40 bits per heavy atom. The Labute approximate surface area is 235 Å². The molecule has 214 valence electrons. The Bertz CT molecular complexity index is 1340. The van der Waals surface area contributed by atoms with Gasteiger partial charge in [0.15, 0.2) is 0 Å². The monoisotopic (exact) mass is 574 g/mol. The first-order valence-electron chi connectivity index (χ1n) is 13.3. The molecular weight excluding hydrogens is 541 g/mol. The molecule has 2 heterocycles. The van der Waals surface area contributed by atoms with Gasteiger partial charge in [0, 0.05) is 60.5 Å². The van der Waals surface area contributed by atoms with Crippen LogP contribution in [0, 0.1) is 6.92 Å². The Balaban J connectivity index is 1.15. The maximum absolute atomic E-state index is 13.0. The number of fused-ring (bicyclic) bond motifs is 1. The molecule has 4 rings (SSSR count). The predicted molar refractivity (Wildman–Crippen MR) is 151 cm³/mol. The number of carboxylic acid groups (broad SMARTS) is 1. The van der Waals surface area contributed by atoms with Crippen molar-refractivity contribution in [2.24, 2.45) is 0 Å². The van der Waals surface area contributed by atoms with Crippen LogP contribution in [0.1, 0.15) is 47.2 Å². The van der Waals surface area contributed by atoms with Crippen molar-refractivity contribution >= 4 is 40.4 Å². The van der Waals surface area contributed by atoms with Crippen molar-refractivity contribution in [1.29, 1.82) is 0 Å². The molecule has 0 aliphatic carbocycles. The highest BCUT2D eigenvalue weighted by Crippen LogP contribution is 2.34. The summed E-state index contributed by atoms with van der Waals surface area (Å²) in [6.07, 6.45) is 0.336. The Morgan fingerprint density at radius 2 is 1.70 bits per heavy atom. The number of aromatic nitrogens is 1. The standard InChI is InChI=1S/C29H33F3N4O3S/c1-20-18-22(7-9-23(20)27(37)35-13-15-36(16-14-35)28(38)39)33-11-4-2-3-5-17-40-26-10-12-34-25-19-21(29(30,31)32)6-8-24(25)26/h6-10,12,18-19,33H,2-5,11,13-17H2,1H3,(H,38,39). The molecule has 0 spiro atoms. The second-order valence-corrected chi connectivity index (χ2v) is 11.0. The first-order valence-corrected chi connectivity index (χ1v) is 14.3. The number of amides is 2. The molecule has 1 aromatic heterocycles. The van der Waals surface area contributed by atoms with Crippen LogP contribution in [0.3, 0.4) is 0 Å². The van der Waals surface area contributed by atoms with Crippen LogP contribution in [0.5, 0.6) is 0 Å². The van der Waals surface area contributed by atoms with E-state index in [1.54, 1.807) is 22.9 Å². The van der Waals surface area contributed by atoms with Gasteiger partial charge >= 0.3 is 12.3 Å². The van der Waals surface area contributed by atoms with Crippen LogP contribution in [-0.2, 0) is 6.18 Å². The fourth-order valence-corrected chi connectivity index (χ4v) is 5.76. The van der Waals surface area contributed by atoms with E-state index >= 15 is 0 Å². The van der Waals surface area contributed by atoms with Gasteiger partial charge in [-0.3, -0.25) is 9.78 Å². The van der Waals surface area contributed by atoms with E-state index in [4.69, 9.17) is 5.11 Å². The number of anilines is 1. The summed E-state index contributed by atoms with van der Waals surface area (Å²) >= 11 is 1.64. The number of hydrogen-bond acceptors (Lipinski definition) is 5. The number of nitrogens with zero attached hydrogens (tertiary/aromatic N) is 3. The Morgan fingerprint density at radius 1 is 0.975 bits per heavy atom. The SMILES string of the molecule is Cc1cc(NCCCCCCSc2ccnc3cc(C(F)(F)F)ccc23)ccc1C(=O)N1CCN(C(=O)O)CC1. The predicted octanol–water partition coefficient (Wildman–Crippen LogP) is 6.76. The van der Waals surface area contributed by atoms with Crippen molar-refractivity contribution in [2.45, 2.75) is 43.7 Å². The minimum atomic E-state index is -4.38. The van der Waals surface area contributed by atoms with Crippen molar-refractivity contribution < 1.29 is 27.9 Å². The molecule has 1 aliphatic rings. The van der Waals surface area contributed by atoms with Crippen LogP contribution < -0.4 is 5.32 Å². The van der Waals surface area contributed by atoms with Crippen molar-refractivity contribution in [3.05, 3.63) is 65.4 Å². The molecule has 3 aromatic rings. The number of pyridine rings is 1. The Kier molecular flexibility index (Phi) is 9.78. The number of unbranched alkanes of at least 4 members (excludes halogenated alkanes) is 3. The summed E-state index contributed by atoms with van der Waals surface area (Å²) in [7, 11) is 0. The summed E-state index contributed by atoms with van der Waals surface area (Å²) in [5, 5.41) is 13.2. The van der Waals surface area contributed by atoms with E-state index in [-0.39, 0.29) is 5.91 Å². The molecule has 1 aliphatic heterocycles. The summed E-state index contributed by atoms with van der Waals surface area (Å²) < 4.78 is 38.9. The molecule has 7 nitrogen and oxygen atoms in total. The number of benzene rings is 2. The number of rotatable bonds is 10. The quantitative estimate of drug-likeness (QED) is 0.206. The van der Waals surface area contributed by atoms with Gasteiger partial charge in [0.1, 0.15) is 0 Å². The fraction of sp³-hybridized carbons (Fsp3) is 0.414. The molecule has 2 N–H and O–H groups in total. The fourth-order valence-electron chi connectivity index (χ4n) is 4.70. The number of thioether (sulfide) groups is 1. The van der Waals surface area contributed by atoms with E-state index in [1.807, 2.05) is 31.2 Å². The number of carbonyl (C=O) groups is 2. The van der Waals surface area contributed by atoms with E-state index < -0.39 is 17.8 Å². The first-order chi connectivity index (χ1) is 19.1. The van der Waals surface area contributed by atoms with Crippen molar-refractivity contribution in [2.75, 3.05) is 43.8 Å². The average Bonchev–Trinajstić information content (AvgIpc) is 2.93. The molecule has 1 saturated heterocycles. The number of hydrogen-bond donors (Lipinski definition) is 2. The van der Waals surface area contributed by atoms with Gasteiger partial charge in [-0.1, -0.05) is 18.9 Å². The highest BCUT2D eigenvalue weighted by Gasteiger charge is 2.30. The molecule has 40 heavy (non-hydrogen) atoms. The second kappa shape index (κ2) is 13.3. The zero-order valence-electron chi connectivity index (χ0n) is 22.3. The summed E-state index contributed by atoms with van der Waals surface area (Å²) in [5.41, 5.74) is 2.15. The maximum atomic E-state index is 13.0. The lowest BCUT2D eigenvalue weighted by molar-refractivity contribution is -0.137. The van der Waals surface area contributed by atoms with Crippen LogP contribution in [-0.4, -0.2) is 70.4 Å². The molecule has 2 aromatic carbocycles. The topological polar surface area (TPSA) is 85.8 Å². The smallest absolute Gasteiger partial charge is 0.416 e. The molecule has 0 saturated carbocycles. The number of piperazine rings is 1. The van der Waals surface area contributed by atoms with E-state index in [0.29, 0.717) is 37.3 Å². The van der Waals surface area contributed by atoms with Crippen molar-refractivity contribution in [3.63, 3.8) is 0 Å². The number of alkyl halides is 3. The highest BCUT2D eigenvalue weighted by molar-refractivity contribution is 7.99. The molecule has 1 fully saturated rings. The average molecular weight is 575 g/mol. The number of carbonyl (C=O) groups excluding carboxylic acids is 1. The summed E-state index contributed by atoms with van der Waals surface area (Å²) in [6, 6.07) is 11.3. The molecule has 11 heteroatoms. The van der Waals surface area contributed by atoms with E-state index in [9.17, 15) is 22.8 Å². The maximum Gasteiger partial charge on any atom is 0.416 e. The number of aryl methyl sites for hydroxylation is 1. The van der Waals surface area contributed by atoms with Gasteiger partial charge in [0.25, 0.3) is 5.91 Å². The van der Waals surface area contributed by atoms with E-state index in [2.05, 4.69) is 10.3 Å². The number of halogens is 3. The third-order valence-corrected chi connectivity index (χ3v) is 8.14. The Hall–Kier alpha value is -3.47. The van der Waals surface area contributed by atoms with Gasteiger partial charge in [0.2, 0.25) is 0 Å². The number of nitrogens with one attached hydrogen (secondary N) is 1. The lowest BCUT2D eigenvalue weighted by Gasteiger charge is -2.33. The normalized spacial score (nSPS) is 14.0. The van der Waals surface area contributed by atoms with Crippen molar-refractivity contribution in [3.8, 4) is 0 Å².